The van der Waals surface area contributed by atoms with E-state index >= 15 is 0 Å². The van der Waals surface area contributed by atoms with E-state index < -0.39 is 0 Å². The number of nitrogens with zero attached hydrogens (tertiary/aromatic N) is 4. The molecule has 0 aliphatic rings. The van der Waals surface area contributed by atoms with Crippen LogP contribution >= 0.6 is 11.6 Å². The van der Waals surface area contributed by atoms with Crippen LogP contribution in [0.1, 0.15) is 24.2 Å². The molecule has 2 aromatic carbocycles. The lowest BCUT2D eigenvalue weighted by molar-refractivity contribution is 0.628. The maximum absolute atomic E-state index is 14.0. The van der Waals surface area contributed by atoms with Gasteiger partial charge in [0.2, 0.25) is 0 Å². The summed E-state index contributed by atoms with van der Waals surface area (Å²) in [6.07, 6.45) is 1.53. The van der Waals surface area contributed by atoms with E-state index in [1.54, 1.807) is 12.1 Å². The Bertz CT molecular complexity index is 1410. The van der Waals surface area contributed by atoms with E-state index in [-0.39, 0.29) is 11.7 Å². The van der Waals surface area contributed by atoms with Gasteiger partial charge in [0.05, 0.1) is 22.6 Å². The molecular formula is C22H16ClFN6. The summed E-state index contributed by atoms with van der Waals surface area (Å²) < 4.78 is 14.0. The molecule has 8 heteroatoms. The molecule has 3 heterocycles. The fourth-order valence-corrected chi connectivity index (χ4v) is 3.81. The minimum atomic E-state index is -0.342. The van der Waals surface area contributed by atoms with Crippen LogP contribution in [0.5, 0.6) is 0 Å². The molecule has 0 spiro atoms. The first-order valence-corrected chi connectivity index (χ1v) is 9.70. The Kier molecular flexibility index (Phi) is 4.33. The average molecular weight is 419 g/mol. The Labute approximate surface area is 176 Å². The second-order valence-corrected chi connectivity index (χ2v) is 7.45. The molecule has 0 fully saturated rings. The summed E-state index contributed by atoms with van der Waals surface area (Å²) in [6, 6.07) is 13.9. The van der Waals surface area contributed by atoms with Crippen LogP contribution in [0.3, 0.4) is 0 Å². The highest BCUT2D eigenvalue weighted by Gasteiger charge is 2.21. The Morgan fingerprint density at radius 1 is 1.07 bits per heavy atom. The monoisotopic (exact) mass is 418 g/mol. The summed E-state index contributed by atoms with van der Waals surface area (Å²) in [6.45, 7) is 1.96. The number of aromatic nitrogens is 5. The van der Waals surface area contributed by atoms with Crippen molar-refractivity contribution in [3.63, 3.8) is 0 Å². The molecule has 3 N–H and O–H groups in total. The third-order valence-corrected chi connectivity index (χ3v) is 5.41. The van der Waals surface area contributed by atoms with Crippen LogP contribution < -0.4 is 5.73 Å². The minimum Gasteiger partial charge on any atom is -0.382 e. The number of halogens is 2. The van der Waals surface area contributed by atoms with Crippen LogP contribution in [0.4, 0.5) is 10.2 Å². The molecule has 30 heavy (non-hydrogen) atoms. The molecule has 1 atom stereocenters. The first kappa shape index (κ1) is 18.4. The average Bonchev–Trinajstić information content (AvgIpc) is 3.22. The lowest BCUT2D eigenvalue weighted by atomic mass is 9.93. The van der Waals surface area contributed by atoms with Crippen molar-refractivity contribution in [2.75, 3.05) is 5.73 Å². The maximum atomic E-state index is 14.0. The van der Waals surface area contributed by atoms with Crippen molar-refractivity contribution in [2.24, 2.45) is 0 Å². The van der Waals surface area contributed by atoms with E-state index in [1.807, 2.05) is 31.2 Å². The number of hydrogen-bond acceptors (Lipinski definition) is 5. The molecule has 148 valence electrons. The van der Waals surface area contributed by atoms with Gasteiger partial charge in [-0.2, -0.15) is 0 Å². The largest absolute Gasteiger partial charge is 0.382 e. The standard InChI is InChI=1S/C22H16ClFN6/c1-11(21-29-20(25)19-22(30-21)27-10-26-19)15-9-13-5-3-7-16(23)18(13)28-17(15)12-4-2-6-14(24)8-12/h2-11H,1H3,(H3,25,26,27,29,30)/t11-/m0/s1. The number of anilines is 1. The van der Waals surface area contributed by atoms with Crippen molar-refractivity contribution < 1.29 is 4.39 Å². The highest BCUT2D eigenvalue weighted by atomic mass is 35.5. The van der Waals surface area contributed by atoms with Crippen molar-refractivity contribution in [1.29, 1.82) is 0 Å². The zero-order chi connectivity index (χ0) is 20.8. The van der Waals surface area contributed by atoms with Gasteiger partial charge >= 0.3 is 0 Å². The number of fused-ring (bicyclic) bond motifs is 2. The van der Waals surface area contributed by atoms with Gasteiger partial charge in [-0.1, -0.05) is 42.8 Å². The minimum absolute atomic E-state index is 0.275. The molecule has 0 amide bonds. The highest BCUT2D eigenvalue weighted by molar-refractivity contribution is 6.35. The van der Waals surface area contributed by atoms with Gasteiger partial charge in [-0.15, -0.1) is 0 Å². The van der Waals surface area contributed by atoms with Crippen LogP contribution in [0.25, 0.3) is 33.3 Å². The molecule has 0 bridgehead atoms. The number of benzene rings is 2. The third-order valence-electron chi connectivity index (χ3n) is 5.11. The Balaban J connectivity index is 1.76. The van der Waals surface area contributed by atoms with Crippen molar-refractivity contribution in [1.82, 2.24) is 24.9 Å². The predicted octanol–water partition coefficient (Wildman–Crippen LogP) is 5.09. The normalized spacial score (nSPS) is 12.5. The second kappa shape index (κ2) is 7.03. The molecule has 3 aromatic heterocycles. The summed E-state index contributed by atoms with van der Waals surface area (Å²) in [5, 5.41) is 1.40. The molecule has 5 rings (SSSR count). The number of hydrogen-bond donors (Lipinski definition) is 2. The number of nitrogens with one attached hydrogen (secondary N) is 1. The van der Waals surface area contributed by atoms with Crippen LogP contribution in [0.2, 0.25) is 5.02 Å². The number of H-pyrrole nitrogens is 1. The number of para-hydroxylation sites is 1. The molecule has 5 aromatic rings. The highest BCUT2D eigenvalue weighted by Crippen LogP contribution is 2.35. The van der Waals surface area contributed by atoms with Gasteiger partial charge in [0.25, 0.3) is 0 Å². The third kappa shape index (κ3) is 3.04. The van der Waals surface area contributed by atoms with Crippen molar-refractivity contribution >= 4 is 39.5 Å². The number of nitrogen functional groups attached to an aromatic ring is 1. The fourth-order valence-electron chi connectivity index (χ4n) is 3.58. The smallest absolute Gasteiger partial charge is 0.183 e. The van der Waals surface area contributed by atoms with E-state index in [0.29, 0.717) is 44.6 Å². The van der Waals surface area contributed by atoms with Gasteiger partial charge in [0, 0.05) is 16.9 Å². The molecule has 0 radical (unpaired) electrons. The zero-order valence-corrected chi connectivity index (χ0v) is 16.7. The van der Waals surface area contributed by atoms with Gasteiger partial charge < -0.3 is 10.7 Å². The lowest BCUT2D eigenvalue weighted by Gasteiger charge is -2.17. The quantitative estimate of drug-likeness (QED) is 0.425. The molecule has 0 aliphatic heterocycles. The van der Waals surface area contributed by atoms with Crippen LogP contribution in [0.15, 0.2) is 54.9 Å². The molecule has 6 nitrogen and oxygen atoms in total. The van der Waals surface area contributed by atoms with Crippen molar-refractivity contribution in [3.8, 4) is 11.3 Å². The van der Waals surface area contributed by atoms with E-state index in [4.69, 9.17) is 22.3 Å². The van der Waals surface area contributed by atoms with E-state index in [2.05, 4.69) is 19.9 Å². The SMILES string of the molecule is C[C@H](c1nc(N)c2[nH]cnc2n1)c1cc2cccc(Cl)c2nc1-c1cccc(F)c1. The summed E-state index contributed by atoms with van der Waals surface area (Å²) in [4.78, 5) is 21.0. The number of pyridine rings is 1. The summed E-state index contributed by atoms with van der Waals surface area (Å²) in [5.74, 6) is 0.213. The Morgan fingerprint density at radius 2 is 1.90 bits per heavy atom. The maximum Gasteiger partial charge on any atom is 0.183 e. The first-order valence-electron chi connectivity index (χ1n) is 9.33. The Morgan fingerprint density at radius 3 is 2.73 bits per heavy atom. The summed E-state index contributed by atoms with van der Waals surface area (Å²) in [5.41, 5.74) is 9.93. The Hall–Kier alpha value is -3.58. The van der Waals surface area contributed by atoms with Crippen molar-refractivity contribution in [3.05, 3.63) is 77.1 Å². The first-order chi connectivity index (χ1) is 14.5. The zero-order valence-electron chi connectivity index (χ0n) is 15.9. The van der Waals surface area contributed by atoms with Crippen LogP contribution in [-0.4, -0.2) is 24.9 Å². The van der Waals surface area contributed by atoms with Gasteiger partial charge in [-0.25, -0.2) is 24.3 Å². The molecule has 0 saturated heterocycles. The topological polar surface area (TPSA) is 93.4 Å². The van der Waals surface area contributed by atoms with Gasteiger partial charge in [0.1, 0.15) is 17.2 Å². The van der Waals surface area contributed by atoms with Crippen LogP contribution in [-0.2, 0) is 0 Å². The number of imidazole rings is 1. The lowest BCUT2D eigenvalue weighted by Crippen LogP contribution is -2.08. The number of nitrogens with two attached hydrogens (primary N) is 1. The second-order valence-electron chi connectivity index (χ2n) is 7.04. The summed E-state index contributed by atoms with van der Waals surface area (Å²) >= 11 is 6.38. The van der Waals surface area contributed by atoms with E-state index in [0.717, 1.165) is 10.9 Å². The van der Waals surface area contributed by atoms with Crippen LogP contribution in [0, 0.1) is 5.82 Å². The van der Waals surface area contributed by atoms with Gasteiger partial charge in [0.15, 0.2) is 11.5 Å². The molecule has 0 aliphatic carbocycles. The number of rotatable bonds is 3. The van der Waals surface area contributed by atoms with E-state index in [9.17, 15) is 4.39 Å². The van der Waals surface area contributed by atoms with Gasteiger partial charge in [-0.05, 0) is 29.8 Å². The summed E-state index contributed by atoms with van der Waals surface area (Å²) in [7, 11) is 0. The number of aromatic amines is 1. The molecule has 0 saturated carbocycles. The molecule has 0 unspecified atom stereocenters. The molecular weight excluding hydrogens is 403 g/mol. The fraction of sp³-hybridized carbons (Fsp3) is 0.0909. The predicted molar refractivity (Wildman–Crippen MR) is 116 cm³/mol. The van der Waals surface area contributed by atoms with E-state index in [1.165, 1.54) is 18.5 Å². The van der Waals surface area contributed by atoms with Gasteiger partial charge in [-0.3, -0.25) is 0 Å². The van der Waals surface area contributed by atoms with Crippen molar-refractivity contribution in [2.45, 2.75) is 12.8 Å².